The van der Waals surface area contributed by atoms with Crippen molar-refractivity contribution in [1.82, 2.24) is 4.98 Å². The molecule has 0 saturated carbocycles. The number of rotatable bonds is 2. The van der Waals surface area contributed by atoms with Crippen molar-refractivity contribution in [1.29, 1.82) is 0 Å². The molecular weight excluding hydrogens is 294 g/mol. The molecule has 21 heavy (non-hydrogen) atoms. The maximum atomic E-state index is 3.50. The lowest BCUT2D eigenvalue weighted by molar-refractivity contribution is 0.408. The molecule has 1 fully saturated rings. The molecule has 1 aromatic heterocycles. The Morgan fingerprint density at radius 2 is 1.86 bits per heavy atom. The second kappa shape index (κ2) is 5.77. The summed E-state index contributed by atoms with van der Waals surface area (Å²) in [6.45, 7) is 7.07. The van der Waals surface area contributed by atoms with Gasteiger partial charge in [-0.15, -0.1) is 23.5 Å². The van der Waals surface area contributed by atoms with E-state index in [-0.39, 0.29) is 9.49 Å². The Morgan fingerprint density at radius 3 is 2.52 bits per heavy atom. The van der Waals surface area contributed by atoms with Gasteiger partial charge < -0.3 is 4.98 Å². The molecular formula is C18H23NS2. The Bertz CT molecular complexity index is 610. The normalized spacial score (nSPS) is 19.4. The first-order valence-corrected chi connectivity index (χ1v) is 9.52. The smallest absolute Gasteiger partial charge is 0.0843 e. The summed E-state index contributed by atoms with van der Waals surface area (Å²) in [6, 6.07) is 10.7. The van der Waals surface area contributed by atoms with Gasteiger partial charge in [0.25, 0.3) is 0 Å². The topological polar surface area (TPSA) is 15.8 Å². The zero-order valence-electron chi connectivity index (χ0n) is 13.0. The predicted molar refractivity (Wildman–Crippen MR) is 99.1 cm³/mol. The van der Waals surface area contributed by atoms with Crippen LogP contribution in [-0.4, -0.2) is 20.6 Å². The Labute approximate surface area is 136 Å². The lowest BCUT2D eigenvalue weighted by atomic mass is 9.90. The fourth-order valence-electron chi connectivity index (χ4n) is 2.71. The van der Waals surface area contributed by atoms with E-state index >= 15 is 0 Å². The number of fused-ring (bicyclic) bond motifs is 1. The van der Waals surface area contributed by atoms with Gasteiger partial charge in [-0.25, -0.2) is 0 Å². The molecule has 3 heteroatoms. The van der Waals surface area contributed by atoms with Gasteiger partial charge in [-0.1, -0.05) is 45.0 Å². The summed E-state index contributed by atoms with van der Waals surface area (Å²) in [5.41, 5.74) is 2.67. The van der Waals surface area contributed by atoms with Crippen LogP contribution in [0.5, 0.6) is 0 Å². The molecule has 0 bridgehead atoms. The van der Waals surface area contributed by atoms with E-state index in [9.17, 15) is 0 Å². The standard InChI is InChI=1S/C18H23NS2/c1-17(2,3)18(20-11-6-12-21-18)10-9-15-13-14-7-4-5-8-16(14)19-15/h4-5,7-10,13,19H,6,11-12H2,1-3H3/b10-9+. The molecule has 0 radical (unpaired) electrons. The molecule has 1 aliphatic rings. The minimum absolute atomic E-state index is 0.183. The number of aromatic nitrogens is 1. The molecule has 2 aromatic rings. The first-order valence-electron chi connectivity index (χ1n) is 7.55. The molecule has 0 spiro atoms. The number of hydrogen-bond donors (Lipinski definition) is 1. The monoisotopic (exact) mass is 317 g/mol. The van der Waals surface area contributed by atoms with Crippen LogP contribution < -0.4 is 0 Å². The minimum atomic E-state index is 0.183. The molecule has 1 N–H and O–H groups in total. The van der Waals surface area contributed by atoms with E-state index in [1.165, 1.54) is 34.5 Å². The molecule has 0 atom stereocenters. The first kappa shape index (κ1) is 15.1. The number of para-hydroxylation sites is 1. The van der Waals surface area contributed by atoms with Gasteiger partial charge in [-0.3, -0.25) is 0 Å². The van der Waals surface area contributed by atoms with Crippen LogP contribution in [-0.2, 0) is 0 Å². The van der Waals surface area contributed by atoms with E-state index in [2.05, 4.69) is 91.8 Å². The van der Waals surface area contributed by atoms with Crippen LogP contribution in [0.4, 0.5) is 0 Å². The second-order valence-corrected chi connectivity index (χ2v) is 9.55. The van der Waals surface area contributed by atoms with Crippen LogP contribution in [0.2, 0.25) is 0 Å². The average Bonchev–Trinajstić information content (AvgIpc) is 2.88. The van der Waals surface area contributed by atoms with Crippen molar-refractivity contribution in [2.45, 2.75) is 31.3 Å². The van der Waals surface area contributed by atoms with Crippen molar-refractivity contribution < 1.29 is 0 Å². The van der Waals surface area contributed by atoms with Gasteiger partial charge in [0.1, 0.15) is 0 Å². The quantitative estimate of drug-likeness (QED) is 0.754. The van der Waals surface area contributed by atoms with Gasteiger partial charge >= 0.3 is 0 Å². The maximum absolute atomic E-state index is 3.50. The molecule has 112 valence electrons. The third-order valence-corrected chi connectivity index (χ3v) is 8.05. The van der Waals surface area contributed by atoms with E-state index in [0.29, 0.717) is 0 Å². The third kappa shape index (κ3) is 3.04. The van der Waals surface area contributed by atoms with E-state index in [0.717, 1.165) is 0 Å². The van der Waals surface area contributed by atoms with Crippen LogP contribution >= 0.6 is 23.5 Å². The van der Waals surface area contributed by atoms with Crippen molar-refractivity contribution in [3.8, 4) is 0 Å². The number of nitrogens with one attached hydrogen (secondary N) is 1. The van der Waals surface area contributed by atoms with Crippen LogP contribution in [0.3, 0.4) is 0 Å². The summed E-state index contributed by atoms with van der Waals surface area (Å²) < 4.78 is 0.183. The fraction of sp³-hybridized carbons (Fsp3) is 0.444. The van der Waals surface area contributed by atoms with Crippen molar-refractivity contribution in [3.63, 3.8) is 0 Å². The maximum Gasteiger partial charge on any atom is 0.0843 e. The Hall–Kier alpha value is -0.800. The Kier molecular flexibility index (Phi) is 4.15. The highest BCUT2D eigenvalue weighted by Crippen LogP contribution is 2.54. The van der Waals surface area contributed by atoms with Gasteiger partial charge in [0.15, 0.2) is 0 Å². The van der Waals surface area contributed by atoms with Crippen LogP contribution in [0.1, 0.15) is 32.9 Å². The summed E-state index contributed by atoms with van der Waals surface area (Å²) in [4.78, 5) is 3.50. The van der Waals surface area contributed by atoms with Gasteiger partial charge in [-0.2, -0.15) is 0 Å². The van der Waals surface area contributed by atoms with Crippen LogP contribution in [0.25, 0.3) is 17.0 Å². The summed E-state index contributed by atoms with van der Waals surface area (Å²) in [5.74, 6) is 2.53. The molecule has 1 aliphatic heterocycles. The SMILES string of the molecule is CC(C)(C)C1(/C=C/c2cc3ccccc3[nH]2)SCCCS1. The summed E-state index contributed by atoms with van der Waals surface area (Å²) in [6.07, 6.45) is 6.02. The van der Waals surface area contributed by atoms with E-state index in [4.69, 9.17) is 0 Å². The summed E-state index contributed by atoms with van der Waals surface area (Å²) >= 11 is 4.21. The Balaban J connectivity index is 1.91. The van der Waals surface area contributed by atoms with Crippen molar-refractivity contribution in [2.75, 3.05) is 11.5 Å². The number of hydrogen-bond acceptors (Lipinski definition) is 2. The minimum Gasteiger partial charge on any atom is -0.355 e. The summed E-state index contributed by atoms with van der Waals surface area (Å²) in [7, 11) is 0. The highest BCUT2D eigenvalue weighted by atomic mass is 32.2. The van der Waals surface area contributed by atoms with Crippen LogP contribution in [0, 0.1) is 5.41 Å². The average molecular weight is 318 g/mol. The number of H-pyrrole nitrogens is 1. The molecule has 2 heterocycles. The molecule has 0 amide bonds. The number of benzene rings is 1. The second-order valence-electron chi connectivity index (χ2n) is 6.61. The Morgan fingerprint density at radius 1 is 1.14 bits per heavy atom. The van der Waals surface area contributed by atoms with Crippen molar-refractivity contribution >= 4 is 40.5 Å². The lowest BCUT2D eigenvalue weighted by Gasteiger charge is -2.44. The number of thioether (sulfide) groups is 2. The van der Waals surface area contributed by atoms with Gasteiger partial charge in [0.05, 0.1) is 4.08 Å². The van der Waals surface area contributed by atoms with Gasteiger partial charge in [0.2, 0.25) is 0 Å². The molecule has 3 rings (SSSR count). The molecule has 1 nitrogen and oxygen atoms in total. The number of aromatic amines is 1. The van der Waals surface area contributed by atoms with Crippen molar-refractivity contribution in [2.24, 2.45) is 5.41 Å². The molecule has 1 aromatic carbocycles. The van der Waals surface area contributed by atoms with Gasteiger partial charge in [0, 0.05) is 11.2 Å². The van der Waals surface area contributed by atoms with E-state index in [1.54, 1.807) is 0 Å². The largest absolute Gasteiger partial charge is 0.355 e. The highest BCUT2D eigenvalue weighted by Gasteiger charge is 2.42. The third-order valence-electron chi connectivity index (χ3n) is 4.00. The zero-order valence-corrected chi connectivity index (χ0v) is 14.6. The zero-order chi connectivity index (χ0) is 14.9. The van der Waals surface area contributed by atoms with Crippen LogP contribution in [0.15, 0.2) is 36.4 Å². The first-order chi connectivity index (χ1) is 10.0. The molecule has 0 aliphatic carbocycles. The molecule has 1 saturated heterocycles. The van der Waals surface area contributed by atoms with E-state index < -0.39 is 0 Å². The van der Waals surface area contributed by atoms with Gasteiger partial charge in [-0.05, 0) is 46.9 Å². The summed E-state index contributed by atoms with van der Waals surface area (Å²) in [5, 5.41) is 1.28. The fourth-order valence-corrected chi connectivity index (χ4v) is 6.11. The predicted octanol–water partition coefficient (Wildman–Crippen LogP) is 5.79. The van der Waals surface area contributed by atoms with Crippen molar-refractivity contribution in [3.05, 3.63) is 42.1 Å². The molecule has 0 unspecified atom stereocenters. The van der Waals surface area contributed by atoms with E-state index in [1.807, 2.05) is 0 Å². The lowest BCUT2D eigenvalue weighted by Crippen LogP contribution is -2.37. The highest BCUT2D eigenvalue weighted by molar-refractivity contribution is 8.19.